The fraction of sp³-hybridized carbons (Fsp3) is 0.300. The van der Waals surface area contributed by atoms with Crippen molar-refractivity contribution in [3.8, 4) is 0 Å². The van der Waals surface area contributed by atoms with Gasteiger partial charge in [-0.2, -0.15) is 0 Å². The standard InChI is InChI=1S/C20H20F2N2O4/c21-16-5-6-18(17(22)11-16)23-19(25)13-28-20(26)15-3-1-14(2-4-15)12-24-7-9-27-10-8-24/h1-6,11H,7-10,12-13H2,(H,23,25)/p+1. The van der Waals surface area contributed by atoms with Gasteiger partial charge in [0.2, 0.25) is 0 Å². The number of hydrogen-bond acceptors (Lipinski definition) is 4. The van der Waals surface area contributed by atoms with Crippen LogP contribution >= 0.6 is 0 Å². The number of quaternary nitrogens is 1. The van der Waals surface area contributed by atoms with Gasteiger partial charge in [0, 0.05) is 11.6 Å². The number of ether oxygens (including phenoxy) is 2. The zero-order valence-electron chi connectivity index (χ0n) is 15.2. The van der Waals surface area contributed by atoms with E-state index in [1.165, 1.54) is 4.90 Å². The molecule has 1 saturated heterocycles. The van der Waals surface area contributed by atoms with Gasteiger partial charge in [-0.1, -0.05) is 12.1 Å². The van der Waals surface area contributed by atoms with Gasteiger partial charge in [-0.05, 0) is 24.3 Å². The minimum atomic E-state index is -0.905. The third-order valence-electron chi connectivity index (χ3n) is 4.38. The molecule has 0 bridgehead atoms. The van der Waals surface area contributed by atoms with Crippen LogP contribution in [0.15, 0.2) is 42.5 Å². The van der Waals surface area contributed by atoms with Gasteiger partial charge < -0.3 is 19.7 Å². The summed E-state index contributed by atoms with van der Waals surface area (Å²) in [6, 6.07) is 9.77. The average molecular weight is 391 g/mol. The highest BCUT2D eigenvalue weighted by Crippen LogP contribution is 2.14. The van der Waals surface area contributed by atoms with E-state index in [4.69, 9.17) is 9.47 Å². The van der Waals surface area contributed by atoms with Crippen molar-refractivity contribution < 1.29 is 32.7 Å². The number of anilines is 1. The maximum atomic E-state index is 13.5. The predicted octanol–water partition coefficient (Wildman–Crippen LogP) is 1.18. The Balaban J connectivity index is 1.48. The molecule has 0 radical (unpaired) electrons. The first-order valence-corrected chi connectivity index (χ1v) is 8.93. The summed E-state index contributed by atoms with van der Waals surface area (Å²) in [6.45, 7) is 3.69. The van der Waals surface area contributed by atoms with Crippen LogP contribution in [0.1, 0.15) is 15.9 Å². The zero-order chi connectivity index (χ0) is 19.9. The topological polar surface area (TPSA) is 69.1 Å². The summed E-state index contributed by atoms with van der Waals surface area (Å²) in [5.74, 6) is -3.02. The second-order valence-corrected chi connectivity index (χ2v) is 6.48. The van der Waals surface area contributed by atoms with E-state index >= 15 is 0 Å². The van der Waals surface area contributed by atoms with Crippen molar-refractivity contribution in [2.75, 3.05) is 38.2 Å². The fourth-order valence-electron chi connectivity index (χ4n) is 2.88. The highest BCUT2D eigenvalue weighted by Gasteiger charge is 2.15. The van der Waals surface area contributed by atoms with Crippen molar-refractivity contribution in [2.45, 2.75) is 6.54 Å². The van der Waals surface area contributed by atoms with Crippen molar-refractivity contribution in [1.82, 2.24) is 0 Å². The summed E-state index contributed by atoms with van der Waals surface area (Å²) in [4.78, 5) is 25.3. The molecule has 1 fully saturated rings. The van der Waals surface area contributed by atoms with Gasteiger partial charge in [0.1, 0.15) is 31.3 Å². The van der Waals surface area contributed by atoms with E-state index in [9.17, 15) is 18.4 Å². The first-order chi connectivity index (χ1) is 13.5. The van der Waals surface area contributed by atoms with Crippen LogP contribution in [-0.2, 0) is 20.8 Å². The number of rotatable bonds is 6. The van der Waals surface area contributed by atoms with Crippen LogP contribution in [0.3, 0.4) is 0 Å². The van der Waals surface area contributed by atoms with Gasteiger partial charge in [0.25, 0.3) is 5.91 Å². The fourth-order valence-corrected chi connectivity index (χ4v) is 2.88. The number of amides is 1. The van der Waals surface area contributed by atoms with Crippen LogP contribution in [-0.4, -0.2) is 44.8 Å². The van der Waals surface area contributed by atoms with Crippen LogP contribution in [0.5, 0.6) is 0 Å². The van der Waals surface area contributed by atoms with E-state index in [0.29, 0.717) is 11.6 Å². The van der Waals surface area contributed by atoms with Gasteiger partial charge in [-0.15, -0.1) is 0 Å². The largest absolute Gasteiger partial charge is 0.452 e. The van der Waals surface area contributed by atoms with Crippen molar-refractivity contribution in [3.05, 3.63) is 65.2 Å². The highest BCUT2D eigenvalue weighted by atomic mass is 19.1. The Morgan fingerprint density at radius 3 is 2.46 bits per heavy atom. The lowest BCUT2D eigenvalue weighted by Crippen LogP contribution is -3.12. The van der Waals surface area contributed by atoms with Gasteiger partial charge in [-0.3, -0.25) is 4.79 Å². The third kappa shape index (κ3) is 5.58. The summed E-state index contributed by atoms with van der Waals surface area (Å²) >= 11 is 0. The van der Waals surface area contributed by atoms with Gasteiger partial charge in [0.15, 0.2) is 6.61 Å². The number of nitrogens with one attached hydrogen (secondary N) is 2. The Morgan fingerprint density at radius 2 is 1.79 bits per heavy atom. The van der Waals surface area contributed by atoms with Gasteiger partial charge in [0.05, 0.1) is 24.5 Å². The molecule has 1 amide bonds. The third-order valence-corrected chi connectivity index (χ3v) is 4.38. The molecule has 1 heterocycles. The van der Waals surface area contributed by atoms with Gasteiger partial charge >= 0.3 is 5.97 Å². The molecular weight excluding hydrogens is 370 g/mol. The molecular formula is C20H21F2N2O4+. The molecule has 0 atom stereocenters. The SMILES string of the molecule is O=C(COC(=O)c1ccc(C[NH+]2CCOCC2)cc1)Nc1ccc(F)cc1F. The molecule has 6 nitrogen and oxygen atoms in total. The smallest absolute Gasteiger partial charge is 0.338 e. The lowest BCUT2D eigenvalue weighted by atomic mass is 10.1. The average Bonchev–Trinajstić information content (AvgIpc) is 2.70. The summed E-state index contributed by atoms with van der Waals surface area (Å²) in [5, 5.41) is 2.23. The molecule has 8 heteroatoms. The van der Waals surface area contributed by atoms with Crippen LogP contribution in [0, 0.1) is 11.6 Å². The van der Waals surface area contributed by atoms with Crippen LogP contribution < -0.4 is 10.2 Å². The molecule has 0 aromatic heterocycles. The van der Waals surface area contributed by atoms with E-state index in [2.05, 4.69) is 5.32 Å². The molecule has 148 valence electrons. The Labute approximate surface area is 161 Å². The number of halogens is 2. The Morgan fingerprint density at radius 1 is 1.07 bits per heavy atom. The lowest BCUT2D eigenvalue weighted by Gasteiger charge is -2.23. The van der Waals surface area contributed by atoms with Crippen LogP contribution in [0.4, 0.5) is 14.5 Å². The Hall–Kier alpha value is -2.84. The summed E-state index contributed by atoms with van der Waals surface area (Å²) in [7, 11) is 0. The minimum Gasteiger partial charge on any atom is -0.452 e. The molecule has 3 rings (SSSR count). The second kappa shape index (κ2) is 9.38. The number of carbonyl (C=O) groups excluding carboxylic acids is 2. The summed E-state index contributed by atoms with van der Waals surface area (Å²) in [5.41, 5.74) is 1.23. The lowest BCUT2D eigenvalue weighted by molar-refractivity contribution is -0.921. The highest BCUT2D eigenvalue weighted by molar-refractivity contribution is 5.95. The van der Waals surface area contributed by atoms with E-state index < -0.39 is 30.1 Å². The first-order valence-electron chi connectivity index (χ1n) is 8.93. The maximum absolute atomic E-state index is 13.5. The summed E-state index contributed by atoms with van der Waals surface area (Å²) < 4.78 is 36.6. The quantitative estimate of drug-likeness (QED) is 0.726. The summed E-state index contributed by atoms with van der Waals surface area (Å²) in [6.07, 6.45) is 0. The van der Waals surface area contributed by atoms with Crippen molar-refractivity contribution >= 4 is 17.6 Å². The predicted molar refractivity (Wildman–Crippen MR) is 96.9 cm³/mol. The molecule has 0 aliphatic carbocycles. The van der Waals surface area contributed by atoms with E-state index in [0.717, 1.165) is 50.5 Å². The monoisotopic (exact) mass is 391 g/mol. The zero-order valence-corrected chi connectivity index (χ0v) is 15.2. The normalized spacial score (nSPS) is 14.5. The molecule has 2 aromatic carbocycles. The van der Waals surface area contributed by atoms with E-state index in [-0.39, 0.29) is 5.69 Å². The second-order valence-electron chi connectivity index (χ2n) is 6.48. The number of hydrogen-bond donors (Lipinski definition) is 2. The van der Waals surface area contributed by atoms with Crippen LogP contribution in [0.2, 0.25) is 0 Å². The molecule has 0 spiro atoms. The Bertz CT molecular complexity index is 837. The molecule has 2 N–H and O–H groups in total. The van der Waals surface area contributed by atoms with Crippen LogP contribution in [0.25, 0.3) is 0 Å². The first kappa shape index (κ1) is 19.9. The number of esters is 1. The van der Waals surface area contributed by atoms with E-state index in [1.807, 2.05) is 12.1 Å². The number of benzene rings is 2. The molecule has 2 aromatic rings. The van der Waals surface area contributed by atoms with Crippen molar-refractivity contribution in [1.29, 1.82) is 0 Å². The number of carbonyl (C=O) groups is 2. The molecule has 28 heavy (non-hydrogen) atoms. The minimum absolute atomic E-state index is 0.183. The molecule has 0 unspecified atom stereocenters. The molecule has 0 saturated carbocycles. The molecule has 1 aliphatic rings. The number of morpholine rings is 1. The van der Waals surface area contributed by atoms with E-state index in [1.54, 1.807) is 12.1 Å². The molecule has 1 aliphatic heterocycles. The van der Waals surface area contributed by atoms with Crippen molar-refractivity contribution in [2.24, 2.45) is 0 Å². The van der Waals surface area contributed by atoms with Crippen molar-refractivity contribution in [3.63, 3.8) is 0 Å². The maximum Gasteiger partial charge on any atom is 0.338 e. The van der Waals surface area contributed by atoms with Gasteiger partial charge in [-0.25, -0.2) is 13.6 Å². The Kier molecular flexibility index (Phi) is 6.67.